The lowest BCUT2D eigenvalue weighted by molar-refractivity contribution is 0.660. The molecule has 1 nitrogen and oxygen atoms in total. The molecule has 0 saturated carbocycles. The molecule has 1 aliphatic carbocycles. The number of hydrogen-bond donors (Lipinski definition) is 0. The number of hydrogen-bond acceptors (Lipinski definition) is 1. The average molecular weight is 601 g/mol. The summed E-state index contributed by atoms with van der Waals surface area (Å²) < 4.78 is 1.13. The van der Waals surface area contributed by atoms with E-state index in [0.29, 0.717) is 0 Å². The van der Waals surface area contributed by atoms with Crippen LogP contribution >= 0.6 is 15.9 Å². The monoisotopic (exact) mass is 600 g/mol. The van der Waals surface area contributed by atoms with Gasteiger partial charge in [0.15, 0.2) is 7.28 Å². The van der Waals surface area contributed by atoms with Crippen LogP contribution in [-0.2, 0) is 5.41 Å². The van der Waals surface area contributed by atoms with Crippen LogP contribution in [0.2, 0.25) is 0 Å². The van der Waals surface area contributed by atoms with Crippen molar-refractivity contribution in [2.45, 2.75) is 19.3 Å². The Morgan fingerprint density at radius 1 is 0.548 bits per heavy atom. The molecule has 1 radical (unpaired) electrons. The Kier molecular flexibility index (Phi) is 5.81. The van der Waals surface area contributed by atoms with Crippen LogP contribution in [0.4, 0.5) is 17.1 Å². The van der Waals surface area contributed by atoms with Gasteiger partial charge in [-0.05, 0) is 75.3 Å². The van der Waals surface area contributed by atoms with Crippen LogP contribution < -0.4 is 15.8 Å². The molecule has 199 valence electrons. The van der Waals surface area contributed by atoms with Gasteiger partial charge in [0.1, 0.15) is 0 Å². The standard InChI is InChI=1S/C39H28BBrN/c1-39(2)31-13-7-6-12-29(31)37-32(39)14-8-17-36(37)42(27-20-18-26(19-21-27)25-10-4-3-5-11-25)28-22-23-33-30(24-28)38-34(40-33)15-9-16-35(38)41/h3-24H,1-2H3. The third kappa shape index (κ3) is 3.84. The van der Waals surface area contributed by atoms with Gasteiger partial charge in [-0.15, -0.1) is 0 Å². The summed E-state index contributed by atoms with van der Waals surface area (Å²) in [7, 11) is 2.29. The molecule has 0 N–H and O–H groups in total. The van der Waals surface area contributed by atoms with Crippen molar-refractivity contribution >= 4 is 51.2 Å². The molecule has 6 aromatic rings. The molecule has 3 heteroatoms. The molecule has 0 amide bonds. The summed E-state index contributed by atoms with van der Waals surface area (Å²) in [6.07, 6.45) is 0. The Morgan fingerprint density at radius 2 is 1.24 bits per heavy atom. The Hall–Kier alpha value is -4.34. The van der Waals surface area contributed by atoms with Crippen molar-refractivity contribution in [3.8, 4) is 33.4 Å². The summed E-state index contributed by atoms with van der Waals surface area (Å²) in [5, 5.41) is 0. The highest BCUT2D eigenvalue weighted by Crippen LogP contribution is 2.54. The van der Waals surface area contributed by atoms with E-state index in [0.717, 1.165) is 15.8 Å². The SMILES string of the molecule is CC1(C)c2ccccc2-c2c(N(c3ccc(-c4ccccc4)cc3)c3ccc4c(c3)-c3c(Br)cccc3[B]4)cccc21. The maximum absolute atomic E-state index is 3.84. The minimum absolute atomic E-state index is 0.0680. The highest BCUT2D eigenvalue weighted by atomic mass is 79.9. The van der Waals surface area contributed by atoms with Crippen molar-refractivity contribution in [3.63, 3.8) is 0 Å². The van der Waals surface area contributed by atoms with Crippen LogP contribution in [-0.4, -0.2) is 7.28 Å². The van der Waals surface area contributed by atoms with Crippen molar-refractivity contribution in [1.82, 2.24) is 0 Å². The van der Waals surface area contributed by atoms with E-state index in [1.807, 2.05) is 0 Å². The van der Waals surface area contributed by atoms with Crippen molar-refractivity contribution < 1.29 is 0 Å². The van der Waals surface area contributed by atoms with Gasteiger partial charge < -0.3 is 4.90 Å². The number of benzene rings is 6. The molecule has 1 aliphatic heterocycles. The van der Waals surface area contributed by atoms with Gasteiger partial charge in [0.05, 0.1) is 5.69 Å². The van der Waals surface area contributed by atoms with Gasteiger partial charge in [-0.2, -0.15) is 0 Å². The van der Waals surface area contributed by atoms with Gasteiger partial charge in [-0.3, -0.25) is 0 Å². The van der Waals surface area contributed by atoms with Crippen molar-refractivity contribution in [1.29, 1.82) is 0 Å². The molecule has 8 rings (SSSR count). The van der Waals surface area contributed by atoms with Gasteiger partial charge in [0.25, 0.3) is 0 Å². The number of halogens is 1. The molecule has 2 aliphatic rings. The Morgan fingerprint density at radius 3 is 2.07 bits per heavy atom. The summed E-state index contributed by atoms with van der Waals surface area (Å²) in [5.74, 6) is 0. The molecule has 0 bridgehead atoms. The largest absolute Gasteiger partial charge is 0.310 e. The number of fused-ring (bicyclic) bond motifs is 6. The highest BCUT2D eigenvalue weighted by molar-refractivity contribution is 9.10. The molecule has 0 fully saturated rings. The van der Waals surface area contributed by atoms with Gasteiger partial charge in [-0.1, -0.05) is 138 Å². The van der Waals surface area contributed by atoms with Gasteiger partial charge in [0.2, 0.25) is 0 Å². The van der Waals surface area contributed by atoms with Crippen LogP contribution in [0.3, 0.4) is 0 Å². The first-order valence-corrected chi connectivity index (χ1v) is 15.3. The van der Waals surface area contributed by atoms with Gasteiger partial charge in [0, 0.05) is 26.8 Å². The molecule has 6 aromatic carbocycles. The summed E-state index contributed by atoms with van der Waals surface area (Å²) in [6.45, 7) is 4.69. The fourth-order valence-electron chi connectivity index (χ4n) is 6.92. The normalized spacial score (nSPS) is 13.5. The lowest BCUT2D eigenvalue weighted by Gasteiger charge is -2.29. The van der Waals surface area contributed by atoms with E-state index < -0.39 is 0 Å². The molecule has 42 heavy (non-hydrogen) atoms. The number of rotatable bonds is 4. The lowest BCUT2D eigenvalue weighted by Crippen LogP contribution is -2.21. The maximum atomic E-state index is 3.84. The van der Waals surface area contributed by atoms with Crippen LogP contribution in [0.5, 0.6) is 0 Å². The molecule has 0 aromatic heterocycles. The predicted molar refractivity (Wildman–Crippen MR) is 182 cm³/mol. The third-order valence-corrected chi connectivity index (χ3v) is 9.64. The van der Waals surface area contributed by atoms with E-state index in [1.54, 1.807) is 0 Å². The van der Waals surface area contributed by atoms with E-state index in [-0.39, 0.29) is 5.41 Å². The summed E-state index contributed by atoms with van der Waals surface area (Å²) >= 11 is 3.84. The van der Waals surface area contributed by atoms with Crippen LogP contribution in [0.15, 0.2) is 138 Å². The zero-order valence-corrected chi connectivity index (χ0v) is 25.2. The molecule has 0 unspecified atom stereocenters. The highest BCUT2D eigenvalue weighted by Gasteiger charge is 2.37. The Balaban J connectivity index is 1.35. The first-order chi connectivity index (χ1) is 20.5. The second kappa shape index (κ2) is 9.61. The molecular formula is C39H28BBrN. The first-order valence-electron chi connectivity index (χ1n) is 14.5. The topological polar surface area (TPSA) is 3.24 Å². The van der Waals surface area contributed by atoms with Crippen molar-refractivity contribution in [2.75, 3.05) is 4.90 Å². The lowest BCUT2D eigenvalue weighted by atomic mass is 9.68. The Labute approximate surface area is 256 Å². The zero-order chi connectivity index (χ0) is 28.4. The quantitative estimate of drug-likeness (QED) is 0.182. The van der Waals surface area contributed by atoms with Crippen LogP contribution in [0, 0.1) is 0 Å². The molecule has 0 spiro atoms. The Bertz CT molecular complexity index is 1990. The van der Waals surface area contributed by atoms with Gasteiger partial charge >= 0.3 is 0 Å². The minimum Gasteiger partial charge on any atom is -0.310 e. The average Bonchev–Trinajstić information content (AvgIpc) is 3.51. The van der Waals surface area contributed by atoms with E-state index in [2.05, 4.69) is 175 Å². The molecule has 0 atom stereocenters. The van der Waals surface area contributed by atoms with Crippen LogP contribution in [0.1, 0.15) is 25.0 Å². The minimum atomic E-state index is -0.0680. The fraction of sp³-hybridized carbons (Fsp3) is 0.0769. The summed E-state index contributed by atoms with van der Waals surface area (Å²) in [4.78, 5) is 2.45. The van der Waals surface area contributed by atoms with E-state index in [1.165, 1.54) is 61.1 Å². The molecule has 1 heterocycles. The second-order valence-electron chi connectivity index (χ2n) is 11.7. The first kappa shape index (κ1) is 25.4. The molecule has 0 saturated heterocycles. The summed E-state index contributed by atoms with van der Waals surface area (Å²) in [5.41, 5.74) is 16.3. The predicted octanol–water partition coefficient (Wildman–Crippen LogP) is 9.53. The third-order valence-electron chi connectivity index (χ3n) is 8.98. The van der Waals surface area contributed by atoms with Crippen molar-refractivity contribution in [2.24, 2.45) is 0 Å². The number of nitrogens with zero attached hydrogens (tertiary/aromatic N) is 1. The molecular weight excluding hydrogens is 573 g/mol. The second-order valence-corrected chi connectivity index (χ2v) is 12.6. The fourth-order valence-corrected chi connectivity index (χ4v) is 7.52. The smallest absolute Gasteiger partial charge is 0.193 e. The van der Waals surface area contributed by atoms with Gasteiger partial charge in [-0.25, -0.2) is 0 Å². The maximum Gasteiger partial charge on any atom is 0.193 e. The van der Waals surface area contributed by atoms with Crippen molar-refractivity contribution in [3.05, 3.63) is 149 Å². The van der Waals surface area contributed by atoms with E-state index >= 15 is 0 Å². The number of anilines is 3. The van der Waals surface area contributed by atoms with E-state index in [9.17, 15) is 0 Å². The zero-order valence-electron chi connectivity index (χ0n) is 23.6. The van der Waals surface area contributed by atoms with Crippen LogP contribution in [0.25, 0.3) is 33.4 Å². The van der Waals surface area contributed by atoms with E-state index in [4.69, 9.17) is 0 Å². The summed E-state index contributed by atoms with van der Waals surface area (Å²) in [6, 6.07) is 48.7.